The minimum atomic E-state index is -1.02. The van der Waals surface area contributed by atoms with Crippen molar-refractivity contribution in [1.29, 1.82) is 0 Å². The molecule has 1 fully saturated rings. The number of hydrogen-bond donors (Lipinski definition) is 2. The summed E-state index contributed by atoms with van der Waals surface area (Å²) in [4.78, 5) is 63.0. The van der Waals surface area contributed by atoms with Crippen molar-refractivity contribution in [2.24, 2.45) is 5.92 Å². The Bertz CT molecular complexity index is 1540. The second-order valence-corrected chi connectivity index (χ2v) is 15.4. The molecule has 0 radical (unpaired) electrons. The summed E-state index contributed by atoms with van der Waals surface area (Å²) in [6.07, 6.45) is 3.95. The van der Waals surface area contributed by atoms with Crippen LogP contribution in [-0.2, 0) is 76.0 Å². The number of rotatable bonds is 46. The summed E-state index contributed by atoms with van der Waals surface area (Å²) >= 11 is 0. The smallest absolute Gasteiger partial charge is 0.308 e. The highest BCUT2D eigenvalue weighted by Crippen LogP contribution is 2.32. The Morgan fingerprint density at radius 1 is 0.588 bits per heavy atom. The molecule has 1 saturated heterocycles. The number of carbonyl (C=O) groups is 5. The number of ether oxygens (including phenoxy) is 13. The summed E-state index contributed by atoms with van der Waals surface area (Å²) in [5, 5.41) is 5.33. The van der Waals surface area contributed by atoms with Crippen molar-refractivity contribution < 1.29 is 85.6 Å². The van der Waals surface area contributed by atoms with Gasteiger partial charge in [-0.1, -0.05) is 32.8 Å². The van der Waals surface area contributed by atoms with Gasteiger partial charge in [0.15, 0.2) is 0 Å². The zero-order valence-electron chi connectivity index (χ0n) is 40.3. The van der Waals surface area contributed by atoms with Crippen molar-refractivity contribution in [3.8, 4) is 0 Å². The maximum absolute atomic E-state index is 13.2. The second-order valence-electron chi connectivity index (χ2n) is 15.4. The summed E-state index contributed by atoms with van der Waals surface area (Å²) < 4.78 is 71.4. The molecular weight excluding hydrogens is 895 g/mol. The lowest BCUT2D eigenvalue weighted by molar-refractivity contribution is -0.150. The third-order valence-corrected chi connectivity index (χ3v) is 10.3. The zero-order chi connectivity index (χ0) is 48.7. The fraction of sp³-hybridized carbons (Fsp3) is 0.766. The number of unbranched alkanes of at least 4 members (excludes halogenated alkanes) is 1. The summed E-state index contributed by atoms with van der Waals surface area (Å²) in [6.45, 7) is 15.3. The number of benzene rings is 1. The van der Waals surface area contributed by atoms with E-state index < -0.39 is 29.7 Å². The SMILES string of the molecule is CCCCC(CC)C(=O)OCCOCCOCCOCCOCCOCCOCCOCCOCCOCCOCCOCCOCCNc1cccc2c1C(=O)N(C1CCC(=O)NC1=O)C2=O. The molecule has 1 aromatic carbocycles. The molecule has 2 N–H and O–H groups in total. The number of piperidine rings is 1. The molecule has 0 saturated carbocycles. The molecule has 2 heterocycles. The lowest BCUT2D eigenvalue weighted by atomic mass is 10.00. The molecule has 21 nitrogen and oxygen atoms in total. The van der Waals surface area contributed by atoms with E-state index in [1.807, 2.05) is 6.92 Å². The van der Waals surface area contributed by atoms with E-state index in [-0.39, 0.29) is 42.5 Å². The van der Waals surface area contributed by atoms with Gasteiger partial charge in [-0.05, 0) is 31.4 Å². The molecule has 0 bridgehead atoms. The first-order valence-corrected chi connectivity index (χ1v) is 24.1. The van der Waals surface area contributed by atoms with Crippen molar-refractivity contribution in [2.75, 3.05) is 177 Å². The molecule has 0 spiro atoms. The topological polar surface area (TPSA) is 233 Å². The van der Waals surface area contributed by atoms with Gasteiger partial charge in [-0.2, -0.15) is 0 Å². The highest BCUT2D eigenvalue weighted by molar-refractivity contribution is 6.25. The van der Waals surface area contributed by atoms with Crippen LogP contribution in [0.25, 0.3) is 0 Å². The molecule has 2 unspecified atom stereocenters. The van der Waals surface area contributed by atoms with Crippen LogP contribution < -0.4 is 10.6 Å². The molecule has 3 rings (SSSR count). The molecular formula is C47H77N3O18. The molecule has 2 aliphatic heterocycles. The Balaban J connectivity index is 0.950. The van der Waals surface area contributed by atoms with E-state index in [1.165, 1.54) is 0 Å². The first kappa shape index (κ1) is 58.6. The van der Waals surface area contributed by atoms with Gasteiger partial charge >= 0.3 is 5.97 Å². The van der Waals surface area contributed by atoms with Crippen LogP contribution in [0.5, 0.6) is 0 Å². The Morgan fingerprint density at radius 2 is 1.00 bits per heavy atom. The van der Waals surface area contributed by atoms with E-state index in [0.29, 0.717) is 171 Å². The predicted octanol–water partition coefficient (Wildman–Crippen LogP) is 2.46. The van der Waals surface area contributed by atoms with Gasteiger partial charge in [0.2, 0.25) is 11.8 Å². The average Bonchev–Trinajstić information content (AvgIpc) is 3.59. The summed E-state index contributed by atoms with van der Waals surface area (Å²) in [5.41, 5.74) is 0.895. The second kappa shape index (κ2) is 39.1. The standard InChI is InChI=1S/C47H77N3O18/c1-3-5-7-38(4-2)47(55)68-37-36-67-35-34-66-33-32-65-31-30-64-29-28-63-27-26-62-25-24-61-23-22-60-21-20-59-19-18-58-17-16-57-15-14-56-13-12-48-40-9-6-8-39-43(40)46(54)50(45(39)53)41-10-11-42(51)49-44(41)52/h6,8-9,38,41,48H,3-5,7,10-37H2,1-2H3,(H,49,51,52). The van der Waals surface area contributed by atoms with Gasteiger partial charge in [-0.15, -0.1) is 0 Å². The van der Waals surface area contributed by atoms with Crippen LogP contribution in [0.1, 0.15) is 73.1 Å². The van der Waals surface area contributed by atoms with E-state index in [4.69, 9.17) is 61.6 Å². The molecule has 0 aliphatic carbocycles. The van der Waals surface area contributed by atoms with E-state index in [9.17, 15) is 24.0 Å². The number of anilines is 1. The highest BCUT2D eigenvalue weighted by atomic mass is 16.6. The normalized spacial score (nSPS) is 15.3. The first-order chi connectivity index (χ1) is 33.4. The Morgan fingerprint density at radius 3 is 1.40 bits per heavy atom. The lowest BCUT2D eigenvalue weighted by Gasteiger charge is -2.27. The number of amides is 4. The molecule has 2 atom stereocenters. The fourth-order valence-electron chi connectivity index (χ4n) is 6.70. The number of carbonyl (C=O) groups excluding carboxylic acids is 5. The predicted molar refractivity (Wildman–Crippen MR) is 246 cm³/mol. The third-order valence-electron chi connectivity index (χ3n) is 10.3. The van der Waals surface area contributed by atoms with Gasteiger partial charge < -0.3 is 66.9 Å². The van der Waals surface area contributed by atoms with Crippen LogP contribution in [0, 0.1) is 5.92 Å². The van der Waals surface area contributed by atoms with E-state index >= 15 is 0 Å². The third kappa shape index (κ3) is 25.2. The summed E-state index contributed by atoms with van der Waals surface area (Å²) in [6, 6.07) is 3.89. The maximum Gasteiger partial charge on any atom is 0.308 e. The van der Waals surface area contributed by atoms with Crippen molar-refractivity contribution >= 4 is 35.3 Å². The zero-order valence-corrected chi connectivity index (χ0v) is 40.3. The minimum Gasteiger partial charge on any atom is -0.463 e. The first-order valence-electron chi connectivity index (χ1n) is 24.1. The Kier molecular flexibility index (Phi) is 33.7. The van der Waals surface area contributed by atoms with Crippen LogP contribution in [0.15, 0.2) is 18.2 Å². The number of esters is 1. The minimum absolute atomic E-state index is 0.0170. The molecule has 21 heteroatoms. The van der Waals surface area contributed by atoms with Crippen LogP contribution >= 0.6 is 0 Å². The highest BCUT2D eigenvalue weighted by Gasteiger charge is 2.45. The monoisotopic (exact) mass is 972 g/mol. The van der Waals surface area contributed by atoms with Crippen molar-refractivity contribution in [3.63, 3.8) is 0 Å². The number of imide groups is 2. The van der Waals surface area contributed by atoms with Gasteiger partial charge in [0, 0.05) is 18.7 Å². The Hall–Kier alpha value is -3.71. The molecule has 1 aromatic rings. The molecule has 4 amide bonds. The van der Waals surface area contributed by atoms with Gasteiger partial charge in [0.25, 0.3) is 11.8 Å². The number of hydrogen-bond acceptors (Lipinski definition) is 19. The van der Waals surface area contributed by atoms with Crippen LogP contribution in [0.3, 0.4) is 0 Å². The number of fused-ring (bicyclic) bond motifs is 1. The van der Waals surface area contributed by atoms with Crippen molar-refractivity contribution in [1.82, 2.24) is 10.2 Å². The van der Waals surface area contributed by atoms with Crippen LogP contribution in [-0.4, -0.2) is 212 Å². The average molecular weight is 972 g/mol. The van der Waals surface area contributed by atoms with Crippen LogP contribution in [0.2, 0.25) is 0 Å². The Labute approximate surface area is 401 Å². The molecule has 68 heavy (non-hydrogen) atoms. The number of nitrogens with one attached hydrogen (secondary N) is 2. The van der Waals surface area contributed by atoms with Gasteiger partial charge in [-0.25, -0.2) is 0 Å². The van der Waals surface area contributed by atoms with E-state index in [0.717, 1.165) is 30.6 Å². The quantitative estimate of drug-likeness (QED) is 0.0543. The van der Waals surface area contributed by atoms with Crippen LogP contribution in [0.4, 0.5) is 5.69 Å². The van der Waals surface area contributed by atoms with Gasteiger partial charge in [-0.3, -0.25) is 34.2 Å². The maximum atomic E-state index is 13.2. The summed E-state index contributed by atoms with van der Waals surface area (Å²) in [5.74, 6) is -2.33. The van der Waals surface area contributed by atoms with Crippen molar-refractivity contribution in [3.05, 3.63) is 29.3 Å². The van der Waals surface area contributed by atoms with E-state index in [2.05, 4.69) is 17.6 Å². The molecule has 2 aliphatic rings. The number of nitrogens with zero attached hydrogens (tertiary/aromatic N) is 1. The summed E-state index contributed by atoms with van der Waals surface area (Å²) in [7, 11) is 0. The van der Waals surface area contributed by atoms with Gasteiger partial charge in [0.05, 0.1) is 176 Å². The molecule has 0 aromatic heterocycles. The largest absolute Gasteiger partial charge is 0.463 e. The van der Waals surface area contributed by atoms with Crippen molar-refractivity contribution in [2.45, 2.75) is 58.4 Å². The van der Waals surface area contributed by atoms with Gasteiger partial charge in [0.1, 0.15) is 12.6 Å². The fourth-order valence-corrected chi connectivity index (χ4v) is 6.70. The molecule has 388 valence electrons. The lowest BCUT2D eigenvalue weighted by Crippen LogP contribution is -2.54. The van der Waals surface area contributed by atoms with E-state index in [1.54, 1.807) is 18.2 Å².